The highest BCUT2D eigenvalue weighted by molar-refractivity contribution is 5.78. The van der Waals surface area contributed by atoms with Crippen molar-refractivity contribution in [3.05, 3.63) is 47.5 Å². The van der Waals surface area contributed by atoms with Crippen molar-refractivity contribution in [2.75, 3.05) is 6.61 Å². The first kappa shape index (κ1) is 17.0. The van der Waals surface area contributed by atoms with Crippen molar-refractivity contribution in [3.8, 4) is 5.75 Å². The molecule has 0 fully saturated rings. The Kier molecular flexibility index (Phi) is 5.02. The first-order chi connectivity index (χ1) is 12.0. The largest absolute Gasteiger partial charge is 0.484 e. The Labute approximate surface area is 146 Å². The van der Waals surface area contributed by atoms with Crippen LogP contribution >= 0.6 is 0 Å². The lowest BCUT2D eigenvalue weighted by molar-refractivity contribution is -0.124. The van der Waals surface area contributed by atoms with Gasteiger partial charge in [0.15, 0.2) is 6.61 Å². The van der Waals surface area contributed by atoms with E-state index in [2.05, 4.69) is 14.9 Å². The molecule has 1 aliphatic heterocycles. The number of primary amides is 1. The molecule has 1 aromatic carbocycles. The highest BCUT2D eigenvalue weighted by Crippen LogP contribution is 2.15. The molecule has 1 unspecified atom stereocenters. The van der Waals surface area contributed by atoms with Crippen molar-refractivity contribution in [3.63, 3.8) is 0 Å². The first-order valence-corrected chi connectivity index (χ1v) is 8.31. The number of rotatable bonds is 6. The number of carbonyl (C=O) groups excluding carboxylic acids is 2. The third kappa shape index (κ3) is 4.59. The van der Waals surface area contributed by atoms with E-state index in [1.807, 2.05) is 13.1 Å². The second kappa shape index (κ2) is 7.38. The summed E-state index contributed by atoms with van der Waals surface area (Å²) in [4.78, 5) is 27.4. The second-order valence-electron chi connectivity index (χ2n) is 6.33. The molecule has 0 aliphatic carbocycles. The van der Waals surface area contributed by atoms with Crippen LogP contribution in [0.4, 0.5) is 0 Å². The van der Waals surface area contributed by atoms with Crippen LogP contribution in [0.2, 0.25) is 0 Å². The Hall–Kier alpha value is -2.83. The molecular formula is C18H22N4O3. The van der Waals surface area contributed by atoms with E-state index in [4.69, 9.17) is 10.5 Å². The Morgan fingerprint density at radius 1 is 1.36 bits per heavy atom. The van der Waals surface area contributed by atoms with Crippen LogP contribution in [0.5, 0.6) is 5.75 Å². The summed E-state index contributed by atoms with van der Waals surface area (Å²) in [5, 5.41) is 3.00. The van der Waals surface area contributed by atoms with Gasteiger partial charge in [0, 0.05) is 25.2 Å². The molecule has 0 saturated heterocycles. The Morgan fingerprint density at radius 3 is 2.84 bits per heavy atom. The number of aryl methyl sites for hydroxylation is 2. The van der Waals surface area contributed by atoms with Gasteiger partial charge < -0.3 is 20.4 Å². The number of imidazole rings is 1. The summed E-state index contributed by atoms with van der Waals surface area (Å²) in [6, 6.07) is 7.08. The van der Waals surface area contributed by atoms with Gasteiger partial charge in [-0.15, -0.1) is 0 Å². The standard InChI is InChI=1S/C18H22N4O3/c1-12-9-22-10-14(4-7-17(22)20-12)21-18(24)11-25-15-5-2-13(3-6-15)8-16(19)23/h2-3,5-6,9,14H,4,7-8,10-11H2,1H3,(H2,19,23)(H,21,24). The molecule has 3 N–H and O–H groups in total. The number of nitrogens with one attached hydrogen (secondary N) is 1. The Morgan fingerprint density at radius 2 is 2.12 bits per heavy atom. The Balaban J connectivity index is 1.46. The minimum Gasteiger partial charge on any atom is -0.484 e. The van der Waals surface area contributed by atoms with Gasteiger partial charge in [-0.25, -0.2) is 4.98 Å². The molecule has 0 spiro atoms. The lowest BCUT2D eigenvalue weighted by Crippen LogP contribution is -2.42. The first-order valence-electron chi connectivity index (χ1n) is 8.31. The van der Waals surface area contributed by atoms with Crippen LogP contribution in [0.3, 0.4) is 0 Å². The summed E-state index contributed by atoms with van der Waals surface area (Å²) in [6.07, 6.45) is 3.95. The van der Waals surface area contributed by atoms with Gasteiger partial charge in [-0.05, 0) is 31.0 Å². The van der Waals surface area contributed by atoms with Crippen molar-refractivity contribution in [1.29, 1.82) is 0 Å². The predicted octanol–water partition coefficient (Wildman–Crippen LogP) is 0.729. The summed E-state index contributed by atoms with van der Waals surface area (Å²) in [6.45, 7) is 2.67. The number of benzene rings is 1. The smallest absolute Gasteiger partial charge is 0.258 e. The maximum absolute atomic E-state index is 12.1. The number of hydrogen-bond donors (Lipinski definition) is 2. The van der Waals surface area contributed by atoms with E-state index in [0.717, 1.165) is 36.5 Å². The fourth-order valence-electron chi connectivity index (χ4n) is 3.03. The van der Waals surface area contributed by atoms with E-state index < -0.39 is 0 Å². The van der Waals surface area contributed by atoms with Gasteiger partial charge in [-0.1, -0.05) is 12.1 Å². The Bertz CT molecular complexity index is 767. The lowest BCUT2D eigenvalue weighted by Gasteiger charge is -2.24. The van der Waals surface area contributed by atoms with Gasteiger partial charge in [0.2, 0.25) is 5.91 Å². The molecule has 25 heavy (non-hydrogen) atoms. The zero-order valence-electron chi connectivity index (χ0n) is 14.2. The summed E-state index contributed by atoms with van der Waals surface area (Å²) in [5.41, 5.74) is 6.97. The van der Waals surface area contributed by atoms with Gasteiger partial charge in [-0.2, -0.15) is 0 Å². The summed E-state index contributed by atoms with van der Waals surface area (Å²) in [5.74, 6) is 1.14. The van der Waals surface area contributed by atoms with Crippen LogP contribution in [0.25, 0.3) is 0 Å². The molecule has 3 rings (SSSR count). The minimum absolute atomic E-state index is 0.0402. The van der Waals surface area contributed by atoms with E-state index in [1.165, 1.54) is 0 Å². The molecule has 0 radical (unpaired) electrons. The highest BCUT2D eigenvalue weighted by Gasteiger charge is 2.21. The maximum atomic E-state index is 12.1. The van der Waals surface area contributed by atoms with Gasteiger partial charge >= 0.3 is 0 Å². The van der Waals surface area contributed by atoms with Crippen LogP contribution in [0.15, 0.2) is 30.5 Å². The summed E-state index contributed by atoms with van der Waals surface area (Å²) in [7, 11) is 0. The number of ether oxygens (including phenoxy) is 1. The monoisotopic (exact) mass is 342 g/mol. The molecule has 7 heteroatoms. The molecule has 0 saturated carbocycles. The molecule has 132 valence electrons. The molecule has 1 aromatic heterocycles. The van der Waals surface area contributed by atoms with E-state index in [-0.39, 0.29) is 30.9 Å². The van der Waals surface area contributed by atoms with Gasteiger partial charge in [0.05, 0.1) is 12.1 Å². The third-order valence-electron chi connectivity index (χ3n) is 4.15. The van der Waals surface area contributed by atoms with E-state index in [9.17, 15) is 9.59 Å². The normalized spacial score (nSPS) is 16.1. The van der Waals surface area contributed by atoms with Crippen LogP contribution in [0.1, 0.15) is 23.5 Å². The summed E-state index contributed by atoms with van der Waals surface area (Å²) >= 11 is 0. The SMILES string of the molecule is Cc1cn2c(n1)CCC(NC(=O)COc1ccc(CC(N)=O)cc1)C2. The van der Waals surface area contributed by atoms with Crippen molar-refractivity contribution in [2.45, 2.75) is 38.8 Å². The van der Waals surface area contributed by atoms with Gasteiger partial charge in [0.25, 0.3) is 5.91 Å². The van der Waals surface area contributed by atoms with Crippen molar-refractivity contribution < 1.29 is 14.3 Å². The number of carbonyl (C=O) groups is 2. The zero-order valence-corrected chi connectivity index (χ0v) is 14.2. The van der Waals surface area contributed by atoms with Crippen LogP contribution in [0, 0.1) is 6.92 Å². The van der Waals surface area contributed by atoms with Crippen LogP contribution in [-0.2, 0) is 29.0 Å². The lowest BCUT2D eigenvalue weighted by atomic mass is 10.1. The van der Waals surface area contributed by atoms with E-state index >= 15 is 0 Å². The quantitative estimate of drug-likeness (QED) is 0.808. The molecule has 2 aromatic rings. The molecule has 1 aliphatic rings. The average molecular weight is 342 g/mol. The molecular weight excluding hydrogens is 320 g/mol. The topological polar surface area (TPSA) is 99.2 Å². The fourth-order valence-corrected chi connectivity index (χ4v) is 3.03. The molecule has 2 heterocycles. The van der Waals surface area contributed by atoms with Crippen molar-refractivity contribution in [2.24, 2.45) is 5.73 Å². The summed E-state index contributed by atoms with van der Waals surface area (Å²) < 4.78 is 7.59. The van der Waals surface area contributed by atoms with Crippen LogP contribution in [-0.4, -0.2) is 34.0 Å². The molecule has 7 nitrogen and oxygen atoms in total. The third-order valence-corrected chi connectivity index (χ3v) is 4.15. The van der Waals surface area contributed by atoms with Crippen molar-refractivity contribution >= 4 is 11.8 Å². The van der Waals surface area contributed by atoms with E-state index in [1.54, 1.807) is 24.3 Å². The number of nitrogens with zero attached hydrogens (tertiary/aromatic N) is 2. The van der Waals surface area contributed by atoms with Crippen molar-refractivity contribution in [1.82, 2.24) is 14.9 Å². The average Bonchev–Trinajstić information content (AvgIpc) is 2.93. The number of nitrogens with two attached hydrogens (primary N) is 1. The molecule has 0 bridgehead atoms. The van der Waals surface area contributed by atoms with Gasteiger partial charge in [-0.3, -0.25) is 9.59 Å². The minimum atomic E-state index is -0.378. The number of hydrogen-bond acceptors (Lipinski definition) is 4. The molecule has 2 amide bonds. The number of amides is 2. The highest BCUT2D eigenvalue weighted by atomic mass is 16.5. The van der Waals surface area contributed by atoms with Crippen LogP contribution < -0.4 is 15.8 Å². The predicted molar refractivity (Wildman–Crippen MR) is 92.1 cm³/mol. The maximum Gasteiger partial charge on any atom is 0.258 e. The number of aromatic nitrogens is 2. The molecule has 1 atom stereocenters. The number of fused-ring (bicyclic) bond motifs is 1. The van der Waals surface area contributed by atoms with Gasteiger partial charge in [0.1, 0.15) is 11.6 Å². The fraction of sp³-hybridized carbons (Fsp3) is 0.389. The van der Waals surface area contributed by atoms with E-state index in [0.29, 0.717) is 5.75 Å². The second-order valence-corrected chi connectivity index (χ2v) is 6.33. The zero-order chi connectivity index (χ0) is 17.8.